The fourth-order valence-corrected chi connectivity index (χ4v) is 10.4. The van der Waals surface area contributed by atoms with Crippen molar-refractivity contribution in [2.24, 2.45) is 0 Å². The first kappa shape index (κ1) is 52.7. The van der Waals surface area contributed by atoms with E-state index in [0.29, 0.717) is 71.1 Å². The number of ether oxygens (including phenoxy) is 2. The number of esters is 1. The third kappa shape index (κ3) is 10.6. The van der Waals surface area contributed by atoms with Gasteiger partial charge in [0.05, 0.1) is 61.3 Å². The quantitative estimate of drug-likeness (QED) is 0.0180. The van der Waals surface area contributed by atoms with Crippen LogP contribution in [0.1, 0.15) is 90.4 Å². The SMILES string of the molecule is CC[C@@]1(O)C(=O)OCc2c1cc1n(c2=O)Cc2c-1nc1cc(F)c(C)c3c1c2C(N1C(=O)C1COCNC(=O)CNC(=O)[C@H](Cc1ccccc1)NC(=O)CNC(=O)CNC(=O)CCCCCN1C(=O)C=CC1=O)CC3. The zero-order valence-corrected chi connectivity index (χ0v) is 41.8. The average Bonchev–Trinajstić information content (AvgIpc) is 3.93. The van der Waals surface area contributed by atoms with E-state index in [4.69, 9.17) is 14.5 Å². The van der Waals surface area contributed by atoms with Gasteiger partial charge in [0.25, 0.3) is 17.4 Å². The van der Waals surface area contributed by atoms with Gasteiger partial charge in [-0.2, -0.15) is 0 Å². The Bertz CT molecular complexity index is 3180. The summed E-state index contributed by atoms with van der Waals surface area (Å²) in [5.74, 6) is -5.36. The van der Waals surface area contributed by atoms with Gasteiger partial charge in [0, 0.05) is 54.1 Å². The highest BCUT2D eigenvalue weighted by molar-refractivity contribution is 6.12. The summed E-state index contributed by atoms with van der Waals surface area (Å²) >= 11 is 0. The second-order valence-electron chi connectivity index (χ2n) is 19.3. The van der Waals surface area contributed by atoms with Gasteiger partial charge in [0.2, 0.25) is 35.4 Å². The lowest BCUT2D eigenvalue weighted by molar-refractivity contribution is -0.172. The second-order valence-corrected chi connectivity index (χ2v) is 19.3. The minimum absolute atomic E-state index is 0.0439. The van der Waals surface area contributed by atoms with Crippen molar-refractivity contribution in [2.75, 3.05) is 39.5 Å². The Kier molecular flexibility index (Phi) is 15.2. The van der Waals surface area contributed by atoms with Crippen molar-refractivity contribution >= 4 is 64.1 Å². The molecule has 6 N–H and O–H groups in total. The molecular formula is C53H56FN9O13. The zero-order chi connectivity index (χ0) is 54.0. The molecule has 0 spiro atoms. The molecule has 2 aromatic heterocycles. The number of rotatable bonds is 22. The number of hydrogen-bond acceptors (Lipinski definition) is 14. The van der Waals surface area contributed by atoms with Crippen LogP contribution in [0.4, 0.5) is 4.39 Å². The van der Waals surface area contributed by atoms with Gasteiger partial charge in [-0.05, 0) is 67.3 Å². The number of unbranched alkanes of at least 4 members (excludes halogenated alkanes) is 2. The number of aliphatic hydroxyl groups is 1. The van der Waals surface area contributed by atoms with E-state index in [9.17, 15) is 53.1 Å². The number of aryl methyl sites for hydroxylation is 1. The van der Waals surface area contributed by atoms with Gasteiger partial charge in [-0.1, -0.05) is 43.7 Å². The van der Waals surface area contributed by atoms with E-state index in [-0.39, 0.29) is 81.1 Å². The number of nitrogens with zero attached hydrogens (tertiary/aromatic N) is 4. The topological polar surface area (TPSA) is 294 Å². The monoisotopic (exact) mass is 1050 g/mol. The number of cyclic esters (lactones) is 1. The normalized spacial score (nSPS) is 19.2. The molecule has 23 heteroatoms. The zero-order valence-electron chi connectivity index (χ0n) is 41.8. The van der Waals surface area contributed by atoms with Crippen LogP contribution in [-0.4, -0.2) is 129 Å². The first-order valence-corrected chi connectivity index (χ1v) is 25.1. The predicted molar refractivity (Wildman–Crippen MR) is 265 cm³/mol. The highest BCUT2D eigenvalue weighted by Gasteiger charge is 2.53. The molecule has 76 heavy (non-hydrogen) atoms. The molecular weight excluding hydrogens is 990 g/mol. The van der Waals surface area contributed by atoms with Crippen LogP contribution in [0.3, 0.4) is 0 Å². The van der Waals surface area contributed by atoms with Crippen molar-refractivity contribution in [3.05, 3.63) is 110 Å². The second kappa shape index (κ2) is 22.0. The molecule has 22 nitrogen and oxygen atoms in total. The van der Waals surface area contributed by atoms with Crippen LogP contribution in [0, 0.1) is 12.7 Å². The van der Waals surface area contributed by atoms with Gasteiger partial charge in [0.1, 0.15) is 31.2 Å². The Morgan fingerprint density at radius 1 is 0.882 bits per heavy atom. The molecule has 1 saturated heterocycles. The van der Waals surface area contributed by atoms with Crippen LogP contribution in [-0.2, 0) is 84.2 Å². The lowest BCUT2D eigenvalue weighted by atomic mass is 9.81. The highest BCUT2D eigenvalue weighted by Crippen LogP contribution is 2.50. The summed E-state index contributed by atoms with van der Waals surface area (Å²) in [6.07, 6.45) is 4.95. The summed E-state index contributed by atoms with van der Waals surface area (Å²) in [7, 11) is 0. The van der Waals surface area contributed by atoms with Gasteiger partial charge in [-0.25, -0.2) is 14.2 Å². The summed E-state index contributed by atoms with van der Waals surface area (Å²) in [5, 5.41) is 24.6. The van der Waals surface area contributed by atoms with Crippen LogP contribution < -0.4 is 32.1 Å². The summed E-state index contributed by atoms with van der Waals surface area (Å²) < 4.78 is 27.9. The van der Waals surface area contributed by atoms with Gasteiger partial charge < -0.3 is 50.6 Å². The van der Waals surface area contributed by atoms with Crippen molar-refractivity contribution < 1.29 is 62.1 Å². The Balaban J connectivity index is 0.756. The number of fused-ring (bicyclic) bond motifs is 5. The Labute approximate surface area is 433 Å². The van der Waals surface area contributed by atoms with Crippen molar-refractivity contribution in [2.45, 2.75) is 102 Å². The van der Waals surface area contributed by atoms with Crippen molar-refractivity contribution in [3.8, 4) is 11.4 Å². The third-order valence-electron chi connectivity index (χ3n) is 14.6. The fourth-order valence-electron chi connectivity index (χ4n) is 10.4. The minimum Gasteiger partial charge on any atom is -0.458 e. The first-order valence-electron chi connectivity index (χ1n) is 25.1. The number of nitrogens with one attached hydrogen (secondary N) is 5. The number of aromatic nitrogens is 2. The van der Waals surface area contributed by atoms with Gasteiger partial charge in [-0.15, -0.1) is 0 Å². The predicted octanol–water partition coefficient (Wildman–Crippen LogP) is 0.377. The lowest BCUT2D eigenvalue weighted by Gasteiger charge is -2.31. The molecule has 4 aliphatic heterocycles. The van der Waals surface area contributed by atoms with Crippen LogP contribution in [0.5, 0.6) is 0 Å². The Morgan fingerprint density at radius 2 is 1.59 bits per heavy atom. The molecule has 2 aromatic carbocycles. The number of carbonyl (C=O) groups excluding carboxylic acids is 9. The number of halogens is 1. The molecule has 6 heterocycles. The molecule has 398 valence electrons. The molecule has 4 atom stereocenters. The molecule has 5 aliphatic rings. The highest BCUT2D eigenvalue weighted by atomic mass is 19.1. The minimum atomic E-state index is -2.05. The molecule has 0 saturated carbocycles. The van der Waals surface area contributed by atoms with E-state index in [0.717, 1.165) is 16.0 Å². The first-order chi connectivity index (χ1) is 36.5. The summed E-state index contributed by atoms with van der Waals surface area (Å²) in [6.45, 7) is 1.47. The summed E-state index contributed by atoms with van der Waals surface area (Å²) in [5.41, 5.74) is 2.14. The van der Waals surface area contributed by atoms with E-state index in [1.54, 1.807) is 55.1 Å². The third-order valence-corrected chi connectivity index (χ3v) is 14.6. The molecule has 1 aliphatic carbocycles. The maximum absolute atomic E-state index is 15.4. The number of benzene rings is 2. The summed E-state index contributed by atoms with van der Waals surface area (Å²) in [4.78, 5) is 135. The maximum atomic E-state index is 15.4. The van der Waals surface area contributed by atoms with Crippen LogP contribution in [0.2, 0.25) is 0 Å². The van der Waals surface area contributed by atoms with Crippen molar-refractivity contribution in [1.82, 2.24) is 45.9 Å². The maximum Gasteiger partial charge on any atom is 0.343 e. The summed E-state index contributed by atoms with van der Waals surface area (Å²) in [6, 6.07) is 9.35. The smallest absolute Gasteiger partial charge is 0.343 e. The van der Waals surface area contributed by atoms with Crippen LogP contribution in [0.15, 0.2) is 59.4 Å². The molecule has 2 unspecified atom stereocenters. The molecule has 0 radical (unpaired) electrons. The fraction of sp³-hybridized carbons (Fsp3) is 0.415. The molecule has 1 fully saturated rings. The van der Waals surface area contributed by atoms with Crippen molar-refractivity contribution in [3.63, 3.8) is 0 Å². The number of carbonyl (C=O) groups is 9. The lowest BCUT2D eigenvalue weighted by Crippen LogP contribution is -2.52. The standard InChI is InChI=1S/C53H56FN9O13/c1-3-53(74)33-19-38-48-31(24-62(38)50(71)32(33)25-76-52(53)73)47-37(14-13-30-28(2)34(54)20-35(60-48)46(30)47)63-39(51(63)72)26-75-27-58-42(66)22-57-49(70)36(18-29-10-6-4-7-11-29)59-43(67)23-56-41(65)21-55-40(64)12-8-5-9-17-61-44(68)15-16-45(61)69/h4,6-7,10-11,15-16,19-20,36-37,39,74H,3,5,8-9,12-14,17-18,21-27H2,1-2H3,(H,55,64)(H,56,65)(H,57,70)(H,58,66)(H,59,67)/t36-,37?,39?,53-,63?/m0/s1. The van der Waals surface area contributed by atoms with E-state index in [1.165, 1.54) is 22.8 Å². The largest absolute Gasteiger partial charge is 0.458 e. The van der Waals surface area contributed by atoms with E-state index < -0.39 is 90.2 Å². The molecule has 4 aromatic rings. The molecule has 0 bridgehead atoms. The van der Waals surface area contributed by atoms with Gasteiger partial charge in [-0.3, -0.25) is 48.1 Å². The molecule has 8 amide bonds. The van der Waals surface area contributed by atoms with Crippen LogP contribution in [0.25, 0.3) is 22.3 Å². The Hall–Kier alpha value is -8.18. The van der Waals surface area contributed by atoms with E-state index in [2.05, 4.69) is 26.6 Å². The van der Waals surface area contributed by atoms with Crippen LogP contribution >= 0.6 is 0 Å². The van der Waals surface area contributed by atoms with Gasteiger partial charge in [0.15, 0.2) is 5.60 Å². The Morgan fingerprint density at radius 3 is 2.34 bits per heavy atom. The number of imide groups is 1. The number of amides is 8. The van der Waals surface area contributed by atoms with Gasteiger partial charge >= 0.3 is 5.97 Å². The van der Waals surface area contributed by atoms with E-state index in [1.807, 2.05) is 0 Å². The number of hydrogen-bond donors (Lipinski definition) is 6. The van der Waals surface area contributed by atoms with E-state index >= 15 is 4.39 Å². The van der Waals surface area contributed by atoms with Crippen molar-refractivity contribution in [1.29, 1.82) is 0 Å². The molecule has 9 rings (SSSR count). The average molecular weight is 1050 g/mol. The number of pyridine rings is 2.